The van der Waals surface area contributed by atoms with Gasteiger partial charge in [0, 0.05) is 18.1 Å². The lowest BCUT2D eigenvalue weighted by Crippen LogP contribution is -2.14. The molecule has 0 saturated heterocycles. The van der Waals surface area contributed by atoms with Crippen LogP contribution in [0.4, 0.5) is 0 Å². The number of nitrogens with two attached hydrogens (primary N) is 1. The number of benzene rings is 1. The number of nitrogens with zero attached hydrogens (tertiary/aromatic N) is 3. The van der Waals surface area contributed by atoms with E-state index in [2.05, 4.69) is 11.1 Å². The second-order valence-corrected chi connectivity index (χ2v) is 5.88. The maximum Gasteiger partial charge on any atom is 0.267 e. The highest BCUT2D eigenvalue weighted by Crippen LogP contribution is 2.38. The summed E-state index contributed by atoms with van der Waals surface area (Å²) in [5.41, 5.74) is 8.97. The van der Waals surface area contributed by atoms with E-state index in [1.165, 1.54) is 0 Å². The van der Waals surface area contributed by atoms with Crippen molar-refractivity contribution in [3.05, 3.63) is 46.8 Å². The van der Waals surface area contributed by atoms with E-state index < -0.39 is 5.91 Å². The van der Waals surface area contributed by atoms with Gasteiger partial charge in [0.2, 0.25) is 0 Å². The average Bonchev–Trinajstić information content (AvgIpc) is 2.97. The van der Waals surface area contributed by atoms with Gasteiger partial charge in [0.25, 0.3) is 5.91 Å². The summed E-state index contributed by atoms with van der Waals surface area (Å²) in [5, 5.41) is 20.4. The number of hydrogen-bond acceptors (Lipinski definition) is 4. The van der Waals surface area contributed by atoms with Crippen LogP contribution >= 0.6 is 0 Å². The number of carbonyl (C=O) groups is 1. The zero-order valence-electron chi connectivity index (χ0n) is 15.2. The van der Waals surface area contributed by atoms with E-state index in [0.29, 0.717) is 39.8 Å². The van der Waals surface area contributed by atoms with Gasteiger partial charge in [-0.05, 0) is 55.1 Å². The van der Waals surface area contributed by atoms with Gasteiger partial charge in [0.15, 0.2) is 0 Å². The van der Waals surface area contributed by atoms with Crippen LogP contribution in [0.5, 0.6) is 5.75 Å². The lowest BCUT2D eigenvalue weighted by atomic mass is 9.92. The van der Waals surface area contributed by atoms with Crippen LogP contribution in [0, 0.1) is 25.2 Å². The first-order valence-electron chi connectivity index (χ1n) is 8.34. The molecule has 0 aliphatic heterocycles. The number of rotatable bonds is 3. The molecular formula is C19H18N4O2. The monoisotopic (exact) mass is 335 g/mol. The topological polar surface area (TPSA) is 105 Å². The highest BCUT2D eigenvalue weighted by atomic mass is 16.3. The molecule has 0 spiro atoms. The summed E-state index contributed by atoms with van der Waals surface area (Å²) in [7, 11) is 0. The van der Waals surface area contributed by atoms with Crippen molar-refractivity contribution in [1.82, 2.24) is 9.55 Å². The van der Waals surface area contributed by atoms with Crippen molar-refractivity contribution in [1.29, 1.82) is 5.26 Å². The Morgan fingerprint density at radius 1 is 1.52 bits per heavy atom. The Morgan fingerprint density at radius 3 is 2.84 bits per heavy atom. The Balaban J connectivity index is 2.55. The summed E-state index contributed by atoms with van der Waals surface area (Å²) in [6.45, 7) is 6.01. The first-order valence-corrected chi connectivity index (χ1v) is 7.84. The highest BCUT2D eigenvalue weighted by molar-refractivity contribution is 6.03. The number of carbonyl (C=O) groups excluding carboxylic acids is 1. The van der Waals surface area contributed by atoms with Crippen molar-refractivity contribution in [3.63, 3.8) is 0 Å². The maximum absolute atomic E-state index is 11.8. The van der Waals surface area contributed by atoms with Gasteiger partial charge >= 0.3 is 0 Å². The number of aromatic hydroxyl groups is 1. The van der Waals surface area contributed by atoms with Gasteiger partial charge in [-0.1, -0.05) is 6.07 Å². The standard InChI is InChI=1S/C19H18N4O2/c1-4-23-9-12(8-20)17-13(7-14(18(21)25)22-19(17)23)16-10(2)5-6-15(24)11(16)3/h5-7,9,24H,4H2,1-3H3,(H2,21,25)/i6D. The Hall–Kier alpha value is -3.33. The fourth-order valence-electron chi connectivity index (χ4n) is 3.12. The molecule has 0 bridgehead atoms. The Morgan fingerprint density at radius 2 is 2.24 bits per heavy atom. The Kier molecular flexibility index (Phi) is 3.62. The molecule has 0 aliphatic rings. The quantitative estimate of drug-likeness (QED) is 0.767. The van der Waals surface area contributed by atoms with Gasteiger partial charge < -0.3 is 15.4 Å². The fraction of sp³-hybridized carbons (Fsp3) is 0.211. The number of fused-ring (bicyclic) bond motifs is 1. The molecule has 0 fully saturated rings. The SMILES string of the molecule is [2H]c1cc(C)c(-c2cc(C(N)=O)nc3c2c(C#N)cn3CC)c(C)c1O. The van der Waals surface area contributed by atoms with Crippen LogP contribution in [0.1, 0.15) is 35.5 Å². The van der Waals surface area contributed by atoms with Gasteiger partial charge in [-0.15, -0.1) is 0 Å². The lowest BCUT2D eigenvalue weighted by molar-refractivity contribution is 0.0996. The Labute approximate surface area is 146 Å². The number of hydrogen-bond donors (Lipinski definition) is 2. The third kappa shape index (κ3) is 2.50. The van der Waals surface area contributed by atoms with Crippen molar-refractivity contribution in [3.8, 4) is 22.9 Å². The van der Waals surface area contributed by atoms with Crippen LogP contribution in [0.2, 0.25) is 0 Å². The molecule has 1 amide bonds. The maximum atomic E-state index is 11.8. The first kappa shape index (κ1) is 15.2. The summed E-state index contributed by atoms with van der Waals surface area (Å²) >= 11 is 0. The molecule has 0 radical (unpaired) electrons. The molecule has 0 aliphatic carbocycles. The number of phenolic OH excluding ortho intramolecular Hbond substituents is 1. The molecule has 3 rings (SSSR count). The molecule has 2 heterocycles. The normalized spacial score (nSPS) is 11.4. The number of phenols is 1. The van der Waals surface area contributed by atoms with Crippen LogP contribution in [0.25, 0.3) is 22.2 Å². The molecular weight excluding hydrogens is 316 g/mol. The number of primary amides is 1. The molecule has 1 aromatic carbocycles. The van der Waals surface area contributed by atoms with Crippen LogP contribution in [-0.2, 0) is 6.54 Å². The van der Waals surface area contributed by atoms with Gasteiger partial charge in [-0.3, -0.25) is 4.79 Å². The van der Waals surface area contributed by atoms with E-state index in [-0.39, 0.29) is 17.5 Å². The van der Waals surface area contributed by atoms with Gasteiger partial charge in [0.1, 0.15) is 23.2 Å². The number of pyridine rings is 1. The van der Waals surface area contributed by atoms with Crippen molar-refractivity contribution in [2.75, 3.05) is 0 Å². The predicted octanol–water partition coefficient (Wildman–Crippen LogP) is 3.02. The summed E-state index contributed by atoms with van der Waals surface area (Å²) in [6.07, 6.45) is 1.69. The third-order valence-electron chi connectivity index (χ3n) is 4.36. The molecule has 25 heavy (non-hydrogen) atoms. The number of aromatic nitrogens is 2. The number of aryl methyl sites for hydroxylation is 2. The summed E-state index contributed by atoms with van der Waals surface area (Å²) < 4.78 is 9.64. The van der Waals surface area contributed by atoms with Crippen molar-refractivity contribution < 1.29 is 11.3 Å². The van der Waals surface area contributed by atoms with E-state index in [9.17, 15) is 15.2 Å². The second kappa shape index (κ2) is 5.95. The zero-order valence-corrected chi connectivity index (χ0v) is 14.2. The largest absolute Gasteiger partial charge is 0.508 e. The highest BCUT2D eigenvalue weighted by Gasteiger charge is 2.21. The van der Waals surface area contributed by atoms with E-state index in [1.54, 1.807) is 29.8 Å². The van der Waals surface area contributed by atoms with Crippen LogP contribution in [0.3, 0.4) is 0 Å². The molecule has 126 valence electrons. The summed E-state index contributed by atoms with van der Waals surface area (Å²) in [4.78, 5) is 16.1. The number of nitriles is 1. The molecule has 0 saturated carbocycles. The summed E-state index contributed by atoms with van der Waals surface area (Å²) in [6, 6.07) is 5.29. The van der Waals surface area contributed by atoms with Crippen molar-refractivity contribution in [2.24, 2.45) is 5.73 Å². The molecule has 6 heteroatoms. The number of amides is 1. The van der Waals surface area contributed by atoms with Crippen molar-refractivity contribution >= 4 is 16.9 Å². The predicted molar refractivity (Wildman–Crippen MR) is 95.2 cm³/mol. The molecule has 2 aromatic heterocycles. The molecule has 3 N–H and O–H groups in total. The van der Waals surface area contributed by atoms with Crippen molar-refractivity contribution in [2.45, 2.75) is 27.3 Å². The van der Waals surface area contributed by atoms with E-state index in [0.717, 1.165) is 5.56 Å². The van der Waals surface area contributed by atoms with Gasteiger partial charge in [-0.2, -0.15) is 5.26 Å². The van der Waals surface area contributed by atoms with Crippen LogP contribution in [0.15, 0.2) is 24.4 Å². The minimum absolute atomic E-state index is 0.0239. The lowest BCUT2D eigenvalue weighted by Gasteiger charge is -2.14. The average molecular weight is 335 g/mol. The van der Waals surface area contributed by atoms with Gasteiger partial charge in [-0.25, -0.2) is 4.98 Å². The van der Waals surface area contributed by atoms with E-state index >= 15 is 0 Å². The van der Waals surface area contributed by atoms with Crippen LogP contribution in [-0.4, -0.2) is 20.6 Å². The fourth-order valence-corrected chi connectivity index (χ4v) is 3.12. The second-order valence-electron chi connectivity index (χ2n) is 5.88. The van der Waals surface area contributed by atoms with E-state index in [4.69, 9.17) is 7.10 Å². The molecule has 6 nitrogen and oxygen atoms in total. The minimum Gasteiger partial charge on any atom is -0.508 e. The van der Waals surface area contributed by atoms with Crippen LogP contribution < -0.4 is 5.73 Å². The van der Waals surface area contributed by atoms with E-state index in [1.807, 2.05) is 13.8 Å². The summed E-state index contributed by atoms with van der Waals surface area (Å²) in [5.74, 6) is -0.809. The molecule has 0 atom stereocenters. The Bertz CT molecular complexity index is 1110. The zero-order chi connectivity index (χ0) is 19.2. The smallest absolute Gasteiger partial charge is 0.267 e. The first-order chi connectivity index (χ1) is 12.3. The minimum atomic E-state index is -0.674. The van der Waals surface area contributed by atoms with Gasteiger partial charge in [0.05, 0.1) is 6.93 Å². The molecule has 3 aromatic rings. The third-order valence-corrected chi connectivity index (χ3v) is 4.36. The molecule has 0 unspecified atom stereocenters.